The van der Waals surface area contributed by atoms with E-state index in [0.717, 1.165) is 57.6 Å². The van der Waals surface area contributed by atoms with Crippen molar-refractivity contribution in [3.05, 3.63) is 22.2 Å². The van der Waals surface area contributed by atoms with Gasteiger partial charge in [0.05, 0.1) is 4.92 Å². The Bertz CT molecular complexity index is 582. The molecular weight excluding hydrogens is 354 g/mol. The van der Waals surface area contributed by atoms with Gasteiger partial charge in [0.2, 0.25) is 5.82 Å². The van der Waals surface area contributed by atoms with E-state index in [0.29, 0.717) is 12.4 Å². The number of rotatable bonds is 13. The fourth-order valence-corrected chi connectivity index (χ4v) is 3.63. The van der Waals surface area contributed by atoms with Gasteiger partial charge >= 0.3 is 5.69 Å². The molecule has 0 saturated carbocycles. The van der Waals surface area contributed by atoms with Crippen LogP contribution >= 0.6 is 0 Å². The van der Waals surface area contributed by atoms with Gasteiger partial charge in [-0.2, -0.15) is 0 Å². The number of anilines is 2. The third-order valence-corrected chi connectivity index (χ3v) is 5.34. The predicted octanol–water partition coefficient (Wildman–Crippen LogP) is 4.68. The average Bonchev–Trinajstić information content (AvgIpc) is 2.72. The molecule has 28 heavy (non-hydrogen) atoms. The van der Waals surface area contributed by atoms with E-state index in [1.165, 1.54) is 32.4 Å². The van der Waals surface area contributed by atoms with Crippen LogP contribution in [0.15, 0.2) is 12.1 Å². The first-order valence-electron chi connectivity index (χ1n) is 11.0. The Balaban J connectivity index is 2.00. The Morgan fingerprint density at radius 2 is 1.79 bits per heavy atom. The Morgan fingerprint density at radius 3 is 2.39 bits per heavy atom. The van der Waals surface area contributed by atoms with E-state index in [4.69, 9.17) is 0 Å². The first kappa shape index (κ1) is 22.4. The summed E-state index contributed by atoms with van der Waals surface area (Å²) in [5.74, 6) is 1.24. The molecule has 158 valence electrons. The van der Waals surface area contributed by atoms with Crippen molar-refractivity contribution < 1.29 is 4.92 Å². The topological polar surface area (TPSA) is 74.5 Å². The molecular formula is C21H37N5O2. The van der Waals surface area contributed by atoms with Gasteiger partial charge in [0, 0.05) is 25.7 Å². The Kier molecular flexibility index (Phi) is 10.0. The van der Waals surface area contributed by atoms with Crippen molar-refractivity contribution in [2.45, 2.75) is 65.2 Å². The monoisotopic (exact) mass is 391 g/mol. The second-order valence-electron chi connectivity index (χ2n) is 7.67. The number of nitrogens with one attached hydrogen (secondary N) is 1. The highest BCUT2D eigenvalue weighted by Gasteiger charge is 2.18. The lowest BCUT2D eigenvalue weighted by Crippen LogP contribution is -2.31. The number of aromatic nitrogens is 1. The SMILES string of the molecule is CCCCN(CCCC)c1ccc([N+](=O)[O-])c(NCCCN2CCCCC2)n1. The minimum absolute atomic E-state index is 0.0626. The lowest BCUT2D eigenvalue weighted by Gasteiger charge is -2.26. The third kappa shape index (κ3) is 7.26. The summed E-state index contributed by atoms with van der Waals surface area (Å²) >= 11 is 0. The Labute approximate surface area is 169 Å². The molecule has 7 nitrogen and oxygen atoms in total. The average molecular weight is 392 g/mol. The van der Waals surface area contributed by atoms with E-state index in [1.54, 1.807) is 12.1 Å². The molecule has 2 rings (SSSR count). The summed E-state index contributed by atoms with van der Waals surface area (Å²) in [4.78, 5) is 20.5. The number of unbranched alkanes of at least 4 members (excludes halogenated alkanes) is 2. The van der Waals surface area contributed by atoms with Crippen molar-refractivity contribution >= 4 is 17.3 Å². The molecule has 1 fully saturated rings. The molecule has 1 saturated heterocycles. The van der Waals surface area contributed by atoms with Gasteiger partial charge in [-0.3, -0.25) is 10.1 Å². The normalized spacial score (nSPS) is 14.8. The summed E-state index contributed by atoms with van der Waals surface area (Å²) in [7, 11) is 0. The van der Waals surface area contributed by atoms with Crippen LogP contribution in [-0.2, 0) is 0 Å². The number of piperidine rings is 1. The molecule has 0 bridgehead atoms. The quantitative estimate of drug-likeness (QED) is 0.299. The Morgan fingerprint density at radius 1 is 1.11 bits per heavy atom. The highest BCUT2D eigenvalue weighted by molar-refractivity contribution is 5.60. The van der Waals surface area contributed by atoms with Crippen molar-refractivity contribution in [2.75, 3.05) is 49.5 Å². The zero-order chi connectivity index (χ0) is 20.2. The van der Waals surface area contributed by atoms with E-state index < -0.39 is 0 Å². The van der Waals surface area contributed by atoms with Crippen molar-refractivity contribution in [3.8, 4) is 0 Å². The summed E-state index contributed by atoms with van der Waals surface area (Å²) in [6, 6.07) is 3.39. The number of nitrogens with zero attached hydrogens (tertiary/aromatic N) is 4. The second kappa shape index (κ2) is 12.5. The molecule has 1 aromatic heterocycles. The zero-order valence-corrected chi connectivity index (χ0v) is 17.7. The number of pyridine rings is 1. The Hall–Kier alpha value is -1.89. The molecule has 0 aliphatic carbocycles. The number of hydrogen-bond acceptors (Lipinski definition) is 6. The van der Waals surface area contributed by atoms with E-state index >= 15 is 0 Å². The van der Waals surface area contributed by atoms with Crippen LogP contribution in [0.3, 0.4) is 0 Å². The first-order chi connectivity index (χ1) is 13.7. The predicted molar refractivity (Wildman–Crippen MR) is 116 cm³/mol. The molecule has 0 atom stereocenters. The van der Waals surface area contributed by atoms with E-state index in [9.17, 15) is 10.1 Å². The first-order valence-corrected chi connectivity index (χ1v) is 11.0. The lowest BCUT2D eigenvalue weighted by molar-refractivity contribution is -0.384. The van der Waals surface area contributed by atoms with Gasteiger partial charge in [-0.25, -0.2) is 4.98 Å². The molecule has 0 amide bonds. The van der Waals surface area contributed by atoms with Gasteiger partial charge in [0.25, 0.3) is 0 Å². The molecule has 1 aliphatic rings. The zero-order valence-electron chi connectivity index (χ0n) is 17.7. The maximum Gasteiger partial charge on any atom is 0.311 e. The summed E-state index contributed by atoms with van der Waals surface area (Å²) in [5, 5.41) is 14.7. The van der Waals surface area contributed by atoms with Gasteiger partial charge in [-0.05, 0) is 57.8 Å². The highest BCUT2D eigenvalue weighted by atomic mass is 16.6. The number of likely N-dealkylation sites (tertiary alicyclic amines) is 1. The minimum atomic E-state index is -0.341. The fourth-order valence-electron chi connectivity index (χ4n) is 3.63. The minimum Gasteiger partial charge on any atom is -0.364 e. The maximum atomic E-state index is 11.4. The fraction of sp³-hybridized carbons (Fsp3) is 0.762. The van der Waals surface area contributed by atoms with Crippen molar-refractivity contribution in [3.63, 3.8) is 0 Å². The van der Waals surface area contributed by atoms with Crippen molar-refractivity contribution in [2.24, 2.45) is 0 Å². The van der Waals surface area contributed by atoms with Crippen molar-refractivity contribution in [1.29, 1.82) is 0 Å². The van der Waals surface area contributed by atoms with Gasteiger partial charge in [-0.15, -0.1) is 0 Å². The van der Waals surface area contributed by atoms with Crippen molar-refractivity contribution in [1.82, 2.24) is 9.88 Å². The third-order valence-electron chi connectivity index (χ3n) is 5.34. The summed E-state index contributed by atoms with van der Waals surface area (Å²) in [5.41, 5.74) is 0.0626. The molecule has 1 aliphatic heterocycles. The van der Waals surface area contributed by atoms with Crippen LogP contribution in [0.4, 0.5) is 17.3 Å². The van der Waals surface area contributed by atoms with Crippen LogP contribution in [-0.4, -0.2) is 54.1 Å². The lowest BCUT2D eigenvalue weighted by atomic mass is 10.1. The van der Waals surface area contributed by atoms with Gasteiger partial charge in [0.1, 0.15) is 5.82 Å². The molecule has 0 spiro atoms. The van der Waals surface area contributed by atoms with Gasteiger partial charge < -0.3 is 15.1 Å². The van der Waals surface area contributed by atoms with Crippen LogP contribution in [0, 0.1) is 10.1 Å². The second-order valence-corrected chi connectivity index (χ2v) is 7.67. The summed E-state index contributed by atoms with van der Waals surface area (Å²) in [6.07, 6.45) is 9.32. The van der Waals surface area contributed by atoms with E-state index in [-0.39, 0.29) is 10.6 Å². The van der Waals surface area contributed by atoms with Gasteiger partial charge in [0.15, 0.2) is 0 Å². The van der Waals surface area contributed by atoms with Crippen LogP contribution in [0.1, 0.15) is 65.2 Å². The van der Waals surface area contributed by atoms with Gasteiger partial charge in [-0.1, -0.05) is 33.1 Å². The summed E-state index contributed by atoms with van der Waals surface area (Å²) in [6.45, 7) is 10.3. The van der Waals surface area contributed by atoms with E-state index in [2.05, 4.69) is 33.9 Å². The summed E-state index contributed by atoms with van der Waals surface area (Å²) < 4.78 is 0. The molecule has 1 N–H and O–H groups in total. The molecule has 0 radical (unpaired) electrons. The maximum absolute atomic E-state index is 11.4. The molecule has 7 heteroatoms. The molecule has 0 unspecified atom stereocenters. The van der Waals surface area contributed by atoms with Crippen LogP contribution < -0.4 is 10.2 Å². The molecule has 1 aromatic rings. The molecule has 0 aromatic carbocycles. The number of nitro groups is 1. The van der Waals surface area contributed by atoms with Crippen LogP contribution in [0.2, 0.25) is 0 Å². The standard InChI is InChI=1S/C21H37N5O2/c1-3-5-17-25(18-6-4-2)20-12-11-19(26(27)28)21(23-20)22-13-10-16-24-14-8-7-9-15-24/h11-12H,3-10,13-18H2,1-2H3,(H,22,23). The smallest absolute Gasteiger partial charge is 0.311 e. The molecule has 2 heterocycles. The largest absolute Gasteiger partial charge is 0.364 e. The van der Waals surface area contributed by atoms with Crippen LogP contribution in [0.5, 0.6) is 0 Å². The van der Waals surface area contributed by atoms with Crippen LogP contribution in [0.25, 0.3) is 0 Å². The number of hydrogen-bond donors (Lipinski definition) is 1. The van der Waals surface area contributed by atoms with E-state index in [1.807, 2.05) is 0 Å². The highest BCUT2D eigenvalue weighted by Crippen LogP contribution is 2.26.